The number of rotatable bonds is 6. The number of phenols is 1. The molecule has 0 saturated carbocycles. The van der Waals surface area contributed by atoms with Crippen molar-refractivity contribution in [2.24, 2.45) is 0 Å². The SMILES string of the molecule is COc1ccc(Cn2nnnc2C(=O)Nc2cc(F)cc(C(C)=O)c2O)cc1. The van der Waals surface area contributed by atoms with Crippen LogP contribution in [-0.2, 0) is 6.54 Å². The molecular formula is C18H16FN5O4. The van der Waals surface area contributed by atoms with Crippen LogP contribution < -0.4 is 10.1 Å². The van der Waals surface area contributed by atoms with Gasteiger partial charge in [-0.25, -0.2) is 9.07 Å². The van der Waals surface area contributed by atoms with Crippen molar-refractivity contribution in [2.45, 2.75) is 13.5 Å². The molecule has 0 atom stereocenters. The van der Waals surface area contributed by atoms with Crippen molar-refractivity contribution >= 4 is 17.4 Å². The minimum atomic E-state index is -0.781. The van der Waals surface area contributed by atoms with Gasteiger partial charge in [0, 0.05) is 6.07 Å². The van der Waals surface area contributed by atoms with Gasteiger partial charge in [-0.2, -0.15) is 0 Å². The molecule has 1 heterocycles. The Bertz CT molecular complexity index is 1030. The van der Waals surface area contributed by atoms with E-state index in [2.05, 4.69) is 20.8 Å². The fraction of sp³-hybridized carbons (Fsp3) is 0.167. The molecule has 10 heteroatoms. The van der Waals surface area contributed by atoms with Crippen LogP contribution in [0.5, 0.6) is 11.5 Å². The molecule has 0 aliphatic carbocycles. The number of tetrazole rings is 1. The number of hydrogen-bond donors (Lipinski definition) is 2. The summed E-state index contributed by atoms with van der Waals surface area (Å²) < 4.78 is 20.1. The lowest BCUT2D eigenvalue weighted by atomic mass is 10.1. The van der Waals surface area contributed by atoms with Crippen LogP contribution in [0.15, 0.2) is 36.4 Å². The minimum Gasteiger partial charge on any atom is -0.505 e. The van der Waals surface area contributed by atoms with Gasteiger partial charge in [-0.05, 0) is 41.1 Å². The van der Waals surface area contributed by atoms with E-state index in [1.165, 1.54) is 11.6 Å². The average Bonchev–Trinajstić information content (AvgIpc) is 3.13. The molecule has 3 rings (SSSR count). The first-order chi connectivity index (χ1) is 13.4. The molecule has 1 aromatic heterocycles. The molecular weight excluding hydrogens is 369 g/mol. The van der Waals surface area contributed by atoms with Crippen LogP contribution in [0.3, 0.4) is 0 Å². The van der Waals surface area contributed by atoms with E-state index in [4.69, 9.17) is 4.74 Å². The van der Waals surface area contributed by atoms with E-state index < -0.39 is 23.3 Å². The lowest BCUT2D eigenvalue weighted by Gasteiger charge is -2.10. The molecule has 0 radical (unpaired) electrons. The van der Waals surface area contributed by atoms with E-state index in [1.807, 2.05) is 0 Å². The van der Waals surface area contributed by atoms with Crippen LogP contribution in [0.25, 0.3) is 0 Å². The van der Waals surface area contributed by atoms with E-state index in [0.717, 1.165) is 17.7 Å². The maximum atomic E-state index is 13.7. The molecule has 0 bridgehead atoms. The second kappa shape index (κ2) is 7.82. The summed E-state index contributed by atoms with van der Waals surface area (Å²) in [7, 11) is 1.55. The number of Topliss-reactive ketones (excluding diaryl/α,β-unsaturated/α-hetero) is 1. The molecule has 0 fully saturated rings. The number of aromatic hydroxyl groups is 1. The summed E-state index contributed by atoms with van der Waals surface area (Å²) in [6, 6.07) is 8.89. The Balaban J connectivity index is 1.83. The number of halogens is 1. The van der Waals surface area contributed by atoms with E-state index >= 15 is 0 Å². The van der Waals surface area contributed by atoms with Crippen molar-refractivity contribution < 1.29 is 23.8 Å². The Hall–Kier alpha value is -3.82. The molecule has 9 nitrogen and oxygen atoms in total. The van der Waals surface area contributed by atoms with Gasteiger partial charge in [0.1, 0.15) is 17.3 Å². The van der Waals surface area contributed by atoms with Crippen LogP contribution in [0.1, 0.15) is 33.5 Å². The van der Waals surface area contributed by atoms with Gasteiger partial charge < -0.3 is 15.2 Å². The average molecular weight is 385 g/mol. The van der Waals surface area contributed by atoms with Crippen molar-refractivity contribution in [1.29, 1.82) is 0 Å². The first-order valence-corrected chi connectivity index (χ1v) is 8.13. The van der Waals surface area contributed by atoms with Crippen molar-refractivity contribution in [2.75, 3.05) is 12.4 Å². The predicted molar refractivity (Wildman–Crippen MR) is 95.9 cm³/mol. The maximum Gasteiger partial charge on any atom is 0.295 e. The summed E-state index contributed by atoms with van der Waals surface area (Å²) in [5.74, 6) is -2.09. The van der Waals surface area contributed by atoms with E-state index in [0.29, 0.717) is 5.75 Å². The lowest BCUT2D eigenvalue weighted by molar-refractivity contribution is 0.0997. The zero-order chi connectivity index (χ0) is 20.3. The highest BCUT2D eigenvalue weighted by Gasteiger charge is 2.20. The predicted octanol–water partition coefficient (Wildman–Crippen LogP) is 2.03. The number of ketones is 1. The highest BCUT2D eigenvalue weighted by molar-refractivity contribution is 6.05. The van der Waals surface area contributed by atoms with Crippen LogP contribution in [0.2, 0.25) is 0 Å². The summed E-state index contributed by atoms with van der Waals surface area (Å²) >= 11 is 0. The zero-order valence-electron chi connectivity index (χ0n) is 15.0. The molecule has 0 saturated heterocycles. The quantitative estimate of drug-likeness (QED) is 0.492. The fourth-order valence-corrected chi connectivity index (χ4v) is 2.52. The second-order valence-electron chi connectivity index (χ2n) is 5.87. The third-order valence-electron chi connectivity index (χ3n) is 3.93. The minimum absolute atomic E-state index is 0.149. The number of amides is 1. The highest BCUT2D eigenvalue weighted by Crippen LogP contribution is 2.29. The Labute approximate surface area is 158 Å². The Morgan fingerprint density at radius 2 is 1.96 bits per heavy atom. The van der Waals surface area contributed by atoms with E-state index in [9.17, 15) is 19.1 Å². The number of nitrogens with one attached hydrogen (secondary N) is 1. The Kier molecular flexibility index (Phi) is 5.30. The van der Waals surface area contributed by atoms with Crippen molar-refractivity contribution in [3.63, 3.8) is 0 Å². The number of aromatic nitrogens is 4. The molecule has 1 amide bonds. The number of benzene rings is 2. The number of anilines is 1. The van der Waals surface area contributed by atoms with Gasteiger partial charge in [0.05, 0.1) is 24.9 Å². The summed E-state index contributed by atoms with van der Waals surface area (Å²) in [6.45, 7) is 1.38. The summed E-state index contributed by atoms with van der Waals surface area (Å²) in [4.78, 5) is 24.0. The number of hydrogen-bond acceptors (Lipinski definition) is 7. The molecule has 0 aliphatic heterocycles. The third-order valence-corrected chi connectivity index (χ3v) is 3.93. The van der Waals surface area contributed by atoms with Crippen LogP contribution in [0, 0.1) is 5.82 Å². The van der Waals surface area contributed by atoms with Crippen LogP contribution in [0.4, 0.5) is 10.1 Å². The van der Waals surface area contributed by atoms with Gasteiger partial charge in [0.25, 0.3) is 5.91 Å². The van der Waals surface area contributed by atoms with E-state index in [1.54, 1.807) is 31.4 Å². The van der Waals surface area contributed by atoms with Crippen LogP contribution in [-0.4, -0.2) is 44.1 Å². The number of carbonyl (C=O) groups excluding carboxylic acids is 2. The second-order valence-corrected chi connectivity index (χ2v) is 5.87. The topological polar surface area (TPSA) is 119 Å². The zero-order valence-corrected chi connectivity index (χ0v) is 15.0. The molecule has 3 aromatic rings. The molecule has 2 aromatic carbocycles. The standard InChI is InChI=1S/C18H16FN5O4/c1-10(25)14-7-12(19)8-15(16(14)26)20-18(27)17-21-22-23-24(17)9-11-3-5-13(28-2)6-4-11/h3-8,26H,9H2,1-2H3,(H,20,27). The summed E-state index contributed by atoms with van der Waals surface area (Å²) in [6.07, 6.45) is 0. The third kappa shape index (κ3) is 3.95. The maximum absolute atomic E-state index is 13.7. The van der Waals surface area contributed by atoms with Gasteiger partial charge in [-0.3, -0.25) is 9.59 Å². The number of phenolic OH excluding ortho intramolecular Hbond substituents is 1. The van der Waals surface area contributed by atoms with Gasteiger partial charge in [0.15, 0.2) is 5.78 Å². The monoisotopic (exact) mass is 385 g/mol. The first-order valence-electron chi connectivity index (χ1n) is 8.13. The van der Waals surface area contributed by atoms with Gasteiger partial charge in [0.2, 0.25) is 5.82 Å². The van der Waals surface area contributed by atoms with Gasteiger partial charge in [-0.15, -0.1) is 5.10 Å². The Morgan fingerprint density at radius 1 is 1.25 bits per heavy atom. The molecule has 28 heavy (non-hydrogen) atoms. The van der Waals surface area contributed by atoms with Crippen LogP contribution >= 0.6 is 0 Å². The Morgan fingerprint density at radius 3 is 2.61 bits per heavy atom. The normalized spacial score (nSPS) is 10.5. The number of carbonyl (C=O) groups is 2. The summed E-state index contributed by atoms with van der Waals surface area (Å²) in [5, 5.41) is 23.4. The number of ether oxygens (including phenoxy) is 1. The molecule has 0 aliphatic rings. The molecule has 0 spiro atoms. The lowest BCUT2D eigenvalue weighted by Crippen LogP contribution is -2.20. The highest BCUT2D eigenvalue weighted by atomic mass is 19.1. The summed E-state index contributed by atoms with van der Waals surface area (Å²) in [5.41, 5.74) is 0.317. The van der Waals surface area contributed by atoms with Gasteiger partial charge >= 0.3 is 0 Å². The molecule has 0 unspecified atom stereocenters. The molecule has 144 valence electrons. The number of nitrogens with zero attached hydrogens (tertiary/aromatic N) is 4. The van der Waals surface area contributed by atoms with Crippen molar-refractivity contribution in [3.05, 3.63) is 59.2 Å². The smallest absolute Gasteiger partial charge is 0.295 e. The van der Waals surface area contributed by atoms with Crippen molar-refractivity contribution in [3.8, 4) is 11.5 Å². The molecule has 2 N–H and O–H groups in total. The number of methoxy groups -OCH3 is 1. The largest absolute Gasteiger partial charge is 0.505 e. The first kappa shape index (κ1) is 19.0. The van der Waals surface area contributed by atoms with E-state index in [-0.39, 0.29) is 23.6 Å². The van der Waals surface area contributed by atoms with Gasteiger partial charge in [-0.1, -0.05) is 12.1 Å². The fourth-order valence-electron chi connectivity index (χ4n) is 2.52. The van der Waals surface area contributed by atoms with Crippen molar-refractivity contribution in [1.82, 2.24) is 20.2 Å².